The lowest BCUT2D eigenvalue weighted by Crippen LogP contribution is -2.50. The monoisotopic (exact) mass is 433 g/mol. The zero-order valence-electron chi connectivity index (χ0n) is 17.7. The molecule has 5 nitrogen and oxygen atoms in total. The SMILES string of the molecule is CC(=NOCC(=O)N1CCN(C(c2ccccc2)c2ccccc2)CC1)c1cccs1. The molecule has 0 radical (unpaired) electrons. The van der Waals surface area contributed by atoms with Gasteiger partial charge in [-0.2, -0.15) is 0 Å². The number of oxime groups is 1. The molecule has 31 heavy (non-hydrogen) atoms. The first-order chi connectivity index (χ1) is 15.2. The van der Waals surface area contributed by atoms with Gasteiger partial charge < -0.3 is 9.74 Å². The quantitative estimate of drug-likeness (QED) is 0.409. The highest BCUT2D eigenvalue weighted by Gasteiger charge is 2.28. The van der Waals surface area contributed by atoms with Crippen LogP contribution in [0.1, 0.15) is 29.0 Å². The molecular formula is C25H27N3O2S. The number of carbonyl (C=O) groups excluding carboxylic acids is 1. The molecule has 1 aliphatic rings. The van der Waals surface area contributed by atoms with Crippen LogP contribution in [0.5, 0.6) is 0 Å². The van der Waals surface area contributed by atoms with Gasteiger partial charge in [-0.25, -0.2) is 0 Å². The largest absolute Gasteiger partial charge is 0.385 e. The lowest BCUT2D eigenvalue weighted by molar-refractivity contribution is -0.138. The van der Waals surface area contributed by atoms with Crippen LogP contribution in [0.15, 0.2) is 83.3 Å². The minimum atomic E-state index is -0.0243. The van der Waals surface area contributed by atoms with Crippen LogP contribution in [0, 0.1) is 0 Å². The Labute approximate surface area is 187 Å². The maximum atomic E-state index is 12.6. The smallest absolute Gasteiger partial charge is 0.263 e. The molecule has 1 saturated heterocycles. The predicted octanol–water partition coefficient (Wildman–Crippen LogP) is 4.42. The average molecular weight is 434 g/mol. The molecule has 0 saturated carbocycles. The predicted molar refractivity (Wildman–Crippen MR) is 125 cm³/mol. The summed E-state index contributed by atoms with van der Waals surface area (Å²) < 4.78 is 0. The Hall–Kier alpha value is -2.96. The lowest BCUT2D eigenvalue weighted by atomic mass is 9.96. The second-order valence-corrected chi connectivity index (χ2v) is 8.52. The standard InChI is InChI=1S/C25H27N3O2S/c1-20(23-13-8-18-31-23)26-30-19-24(29)27-14-16-28(17-15-27)25(21-9-4-2-5-10-21)22-11-6-3-7-12-22/h2-13,18,25H,14-17,19H2,1H3. The van der Waals surface area contributed by atoms with Crippen molar-refractivity contribution in [2.45, 2.75) is 13.0 Å². The average Bonchev–Trinajstić information content (AvgIpc) is 3.36. The van der Waals surface area contributed by atoms with Gasteiger partial charge in [-0.3, -0.25) is 9.69 Å². The molecule has 6 heteroatoms. The molecule has 0 bridgehead atoms. The second-order valence-electron chi connectivity index (χ2n) is 7.57. The Kier molecular flexibility index (Phi) is 7.12. The molecule has 0 aliphatic carbocycles. The summed E-state index contributed by atoms with van der Waals surface area (Å²) in [5, 5.41) is 6.09. The van der Waals surface area contributed by atoms with Gasteiger partial charge in [-0.05, 0) is 29.5 Å². The molecule has 0 atom stereocenters. The van der Waals surface area contributed by atoms with Gasteiger partial charge in [0.2, 0.25) is 0 Å². The van der Waals surface area contributed by atoms with Crippen LogP contribution in [0.3, 0.4) is 0 Å². The third kappa shape index (κ3) is 5.40. The molecule has 1 fully saturated rings. The topological polar surface area (TPSA) is 45.1 Å². The molecule has 160 valence electrons. The number of rotatable bonds is 7. The fourth-order valence-corrected chi connectivity index (χ4v) is 4.59. The van der Waals surface area contributed by atoms with Crippen molar-refractivity contribution in [1.29, 1.82) is 0 Å². The van der Waals surface area contributed by atoms with Gasteiger partial charge in [-0.1, -0.05) is 71.9 Å². The molecule has 1 aliphatic heterocycles. The van der Waals surface area contributed by atoms with E-state index in [1.807, 2.05) is 41.5 Å². The maximum Gasteiger partial charge on any atom is 0.263 e. The Balaban J connectivity index is 1.35. The first kappa shape index (κ1) is 21.3. The zero-order chi connectivity index (χ0) is 21.5. The van der Waals surface area contributed by atoms with E-state index >= 15 is 0 Å². The molecule has 0 spiro atoms. The number of amides is 1. The zero-order valence-corrected chi connectivity index (χ0v) is 18.5. The van der Waals surface area contributed by atoms with Crippen LogP contribution in [0.2, 0.25) is 0 Å². The first-order valence-corrected chi connectivity index (χ1v) is 11.4. The van der Waals surface area contributed by atoms with Crippen LogP contribution in [-0.4, -0.2) is 54.2 Å². The lowest BCUT2D eigenvalue weighted by Gasteiger charge is -2.39. The Morgan fingerprint density at radius 1 is 0.935 bits per heavy atom. The van der Waals surface area contributed by atoms with Crippen molar-refractivity contribution in [3.63, 3.8) is 0 Å². The van der Waals surface area contributed by atoms with E-state index in [4.69, 9.17) is 4.84 Å². The fraction of sp³-hybridized carbons (Fsp3) is 0.280. The van der Waals surface area contributed by atoms with Crippen molar-refractivity contribution in [3.05, 3.63) is 94.2 Å². The molecule has 2 aromatic carbocycles. The molecule has 0 N–H and O–H groups in total. The van der Waals surface area contributed by atoms with Crippen LogP contribution in [0.4, 0.5) is 0 Å². The number of benzene rings is 2. The maximum absolute atomic E-state index is 12.6. The van der Waals surface area contributed by atoms with E-state index in [9.17, 15) is 4.79 Å². The van der Waals surface area contributed by atoms with E-state index < -0.39 is 0 Å². The minimum absolute atomic E-state index is 0.0154. The summed E-state index contributed by atoms with van der Waals surface area (Å²) in [6, 6.07) is 25.3. The summed E-state index contributed by atoms with van der Waals surface area (Å²) in [5.41, 5.74) is 3.34. The van der Waals surface area contributed by atoms with Gasteiger partial charge in [0, 0.05) is 26.2 Å². The normalized spacial score (nSPS) is 15.3. The number of hydrogen-bond donors (Lipinski definition) is 0. The number of thiophene rings is 1. The minimum Gasteiger partial charge on any atom is -0.385 e. The van der Waals surface area contributed by atoms with Crippen LogP contribution >= 0.6 is 11.3 Å². The molecule has 1 aromatic heterocycles. The Morgan fingerprint density at radius 3 is 2.10 bits per heavy atom. The van der Waals surface area contributed by atoms with Crippen molar-refractivity contribution >= 4 is 23.0 Å². The summed E-state index contributed by atoms with van der Waals surface area (Å²) >= 11 is 1.61. The number of carbonyl (C=O) groups is 1. The van der Waals surface area contributed by atoms with E-state index in [0.29, 0.717) is 13.1 Å². The summed E-state index contributed by atoms with van der Waals surface area (Å²) in [6.07, 6.45) is 0. The van der Waals surface area contributed by atoms with Crippen molar-refractivity contribution in [2.24, 2.45) is 5.16 Å². The highest BCUT2D eigenvalue weighted by atomic mass is 32.1. The van der Waals surface area contributed by atoms with Gasteiger partial charge in [0.05, 0.1) is 16.6 Å². The summed E-state index contributed by atoms with van der Waals surface area (Å²) in [7, 11) is 0. The summed E-state index contributed by atoms with van der Waals surface area (Å²) in [4.78, 5) is 23.3. The van der Waals surface area contributed by atoms with Gasteiger partial charge in [0.15, 0.2) is 6.61 Å². The Bertz CT molecular complexity index is 943. The van der Waals surface area contributed by atoms with E-state index in [-0.39, 0.29) is 18.6 Å². The summed E-state index contributed by atoms with van der Waals surface area (Å²) in [5.74, 6) is -0.0154. The van der Waals surface area contributed by atoms with Gasteiger partial charge in [-0.15, -0.1) is 11.3 Å². The molecule has 3 aromatic rings. The van der Waals surface area contributed by atoms with Gasteiger partial charge in [0.1, 0.15) is 0 Å². The van der Waals surface area contributed by atoms with Crippen molar-refractivity contribution < 1.29 is 9.63 Å². The van der Waals surface area contributed by atoms with Gasteiger partial charge >= 0.3 is 0 Å². The number of hydrogen-bond acceptors (Lipinski definition) is 5. The molecule has 2 heterocycles. The second kappa shape index (κ2) is 10.4. The van der Waals surface area contributed by atoms with Crippen LogP contribution in [0.25, 0.3) is 0 Å². The Morgan fingerprint density at radius 2 is 1.55 bits per heavy atom. The van der Waals surface area contributed by atoms with E-state index in [1.165, 1.54) is 11.1 Å². The fourth-order valence-electron chi connectivity index (χ4n) is 3.92. The first-order valence-electron chi connectivity index (χ1n) is 10.5. The van der Waals surface area contributed by atoms with Crippen LogP contribution < -0.4 is 0 Å². The van der Waals surface area contributed by atoms with E-state index in [0.717, 1.165) is 23.7 Å². The number of piperazine rings is 1. The number of nitrogens with zero attached hydrogens (tertiary/aromatic N) is 3. The molecular weight excluding hydrogens is 406 g/mol. The van der Waals surface area contributed by atoms with Crippen molar-refractivity contribution in [1.82, 2.24) is 9.80 Å². The summed E-state index contributed by atoms with van der Waals surface area (Å²) in [6.45, 7) is 4.87. The highest BCUT2D eigenvalue weighted by molar-refractivity contribution is 7.12. The van der Waals surface area contributed by atoms with Crippen LogP contribution in [-0.2, 0) is 9.63 Å². The molecule has 4 rings (SSSR count). The van der Waals surface area contributed by atoms with Crippen molar-refractivity contribution in [2.75, 3.05) is 32.8 Å². The molecule has 1 amide bonds. The van der Waals surface area contributed by atoms with E-state index in [2.05, 4.69) is 58.6 Å². The van der Waals surface area contributed by atoms with E-state index in [1.54, 1.807) is 11.3 Å². The van der Waals surface area contributed by atoms with Gasteiger partial charge in [0.25, 0.3) is 5.91 Å². The molecule has 0 unspecified atom stereocenters. The third-order valence-corrected chi connectivity index (χ3v) is 6.51. The highest BCUT2D eigenvalue weighted by Crippen LogP contribution is 2.29. The third-order valence-electron chi connectivity index (χ3n) is 5.53. The van der Waals surface area contributed by atoms with Crippen molar-refractivity contribution in [3.8, 4) is 0 Å².